The lowest BCUT2D eigenvalue weighted by atomic mass is 9.60. The lowest BCUT2D eigenvalue weighted by Crippen LogP contribution is -2.42. The zero-order chi connectivity index (χ0) is 13.0. The average molecular weight is 236 g/mol. The van der Waals surface area contributed by atoms with E-state index in [9.17, 15) is 9.90 Å². The van der Waals surface area contributed by atoms with Crippen molar-refractivity contribution in [3.63, 3.8) is 0 Å². The molecule has 2 heteroatoms. The number of hydrogen-bond donors (Lipinski definition) is 1. The normalized spacial score (nSPS) is 36.7. The van der Waals surface area contributed by atoms with Crippen LogP contribution in [0.2, 0.25) is 0 Å². The van der Waals surface area contributed by atoms with Gasteiger partial charge in [0.15, 0.2) is 5.78 Å². The molecule has 0 aromatic rings. The minimum Gasteiger partial charge on any atom is -0.390 e. The molecule has 0 unspecified atom stereocenters. The quantitative estimate of drug-likeness (QED) is 0.760. The van der Waals surface area contributed by atoms with E-state index in [1.807, 2.05) is 26.8 Å². The van der Waals surface area contributed by atoms with Gasteiger partial charge in [0.2, 0.25) is 0 Å². The fourth-order valence-corrected chi connectivity index (χ4v) is 3.55. The number of ketones is 1. The van der Waals surface area contributed by atoms with Gasteiger partial charge in [-0.1, -0.05) is 26.3 Å². The molecule has 2 rings (SSSR count). The van der Waals surface area contributed by atoms with Crippen LogP contribution in [0.4, 0.5) is 0 Å². The lowest BCUT2D eigenvalue weighted by Gasteiger charge is -2.46. The second-order valence-corrected chi connectivity index (χ2v) is 7.22. The molecule has 0 spiro atoms. The molecule has 0 saturated heterocycles. The van der Waals surface area contributed by atoms with E-state index in [4.69, 9.17) is 0 Å². The molecule has 0 bridgehead atoms. The van der Waals surface area contributed by atoms with Gasteiger partial charge in [0.1, 0.15) is 0 Å². The summed E-state index contributed by atoms with van der Waals surface area (Å²) in [6.07, 6.45) is 3.85. The van der Waals surface area contributed by atoms with Gasteiger partial charge < -0.3 is 5.11 Å². The second-order valence-electron chi connectivity index (χ2n) is 7.22. The molecule has 0 heterocycles. The van der Waals surface area contributed by atoms with Gasteiger partial charge in [-0.2, -0.15) is 0 Å². The maximum absolute atomic E-state index is 11.9. The average Bonchev–Trinajstić information content (AvgIpc) is 2.41. The van der Waals surface area contributed by atoms with Crippen LogP contribution in [0.1, 0.15) is 47.5 Å². The third-order valence-electron chi connectivity index (χ3n) is 4.57. The Balaban J connectivity index is 2.39. The van der Waals surface area contributed by atoms with E-state index in [2.05, 4.69) is 13.8 Å². The lowest BCUT2D eigenvalue weighted by molar-refractivity contribution is -0.118. The maximum atomic E-state index is 11.9. The fraction of sp³-hybridized carbons (Fsp3) is 0.800. The minimum atomic E-state index is -0.730. The Morgan fingerprint density at radius 2 is 1.94 bits per heavy atom. The van der Waals surface area contributed by atoms with Gasteiger partial charge in [0, 0.05) is 11.8 Å². The molecule has 0 aromatic carbocycles. The predicted molar refractivity (Wildman–Crippen MR) is 68.5 cm³/mol. The van der Waals surface area contributed by atoms with Gasteiger partial charge in [-0.15, -0.1) is 0 Å². The fourth-order valence-electron chi connectivity index (χ4n) is 3.55. The summed E-state index contributed by atoms with van der Waals surface area (Å²) in [4.78, 5) is 11.9. The van der Waals surface area contributed by atoms with Crippen molar-refractivity contribution in [2.24, 2.45) is 23.2 Å². The van der Waals surface area contributed by atoms with E-state index in [-0.39, 0.29) is 23.0 Å². The van der Waals surface area contributed by atoms with Gasteiger partial charge >= 0.3 is 0 Å². The van der Waals surface area contributed by atoms with Crippen LogP contribution in [0.25, 0.3) is 0 Å². The number of allylic oxidation sites excluding steroid dienone is 1. The topological polar surface area (TPSA) is 37.3 Å². The Kier molecular flexibility index (Phi) is 2.77. The highest BCUT2D eigenvalue weighted by atomic mass is 16.3. The first kappa shape index (κ1) is 12.8. The number of carbonyl (C=O) groups excluding carboxylic acids is 1. The van der Waals surface area contributed by atoms with E-state index in [0.717, 1.165) is 12.8 Å². The zero-order valence-corrected chi connectivity index (χ0v) is 11.6. The molecule has 2 aliphatic carbocycles. The van der Waals surface area contributed by atoms with Crippen molar-refractivity contribution >= 4 is 5.78 Å². The van der Waals surface area contributed by atoms with E-state index >= 15 is 0 Å². The summed E-state index contributed by atoms with van der Waals surface area (Å²) >= 11 is 0. The van der Waals surface area contributed by atoms with E-state index in [1.165, 1.54) is 5.57 Å². The Bertz CT molecular complexity index is 371. The van der Waals surface area contributed by atoms with Gasteiger partial charge in [0.25, 0.3) is 0 Å². The highest BCUT2D eigenvalue weighted by molar-refractivity contribution is 5.95. The molecule has 17 heavy (non-hydrogen) atoms. The predicted octanol–water partition coefficient (Wildman–Crippen LogP) is 2.95. The number of rotatable bonds is 1. The highest BCUT2D eigenvalue weighted by Crippen LogP contribution is 2.53. The first-order valence-corrected chi connectivity index (χ1v) is 6.59. The smallest absolute Gasteiger partial charge is 0.159 e. The van der Waals surface area contributed by atoms with Crippen molar-refractivity contribution in [3.8, 4) is 0 Å². The number of carbonyl (C=O) groups is 1. The summed E-state index contributed by atoms with van der Waals surface area (Å²) in [5.41, 5.74) is 0.687. The third-order valence-corrected chi connectivity index (χ3v) is 4.57. The summed E-state index contributed by atoms with van der Waals surface area (Å²) in [5.74, 6) is 0.833. The molecular formula is C15H24O2. The minimum absolute atomic E-state index is 0.106. The molecule has 3 atom stereocenters. The van der Waals surface area contributed by atoms with Crippen LogP contribution in [-0.2, 0) is 4.79 Å². The van der Waals surface area contributed by atoms with Gasteiger partial charge in [-0.3, -0.25) is 4.79 Å². The molecule has 1 N–H and O–H groups in total. The van der Waals surface area contributed by atoms with Crippen LogP contribution in [0.15, 0.2) is 11.6 Å². The Morgan fingerprint density at radius 1 is 1.35 bits per heavy atom. The molecule has 0 amide bonds. The molecule has 96 valence electrons. The van der Waals surface area contributed by atoms with Gasteiger partial charge in [-0.05, 0) is 44.1 Å². The second kappa shape index (κ2) is 3.68. The first-order chi connectivity index (χ1) is 7.62. The summed E-state index contributed by atoms with van der Waals surface area (Å²) in [6, 6.07) is 0. The number of aliphatic hydroxyl groups is 1. The van der Waals surface area contributed by atoms with Crippen molar-refractivity contribution in [2.45, 2.75) is 53.1 Å². The van der Waals surface area contributed by atoms with Crippen LogP contribution in [-0.4, -0.2) is 16.5 Å². The van der Waals surface area contributed by atoms with Gasteiger partial charge in [-0.25, -0.2) is 0 Å². The number of hydrogen-bond acceptors (Lipinski definition) is 2. The van der Waals surface area contributed by atoms with Crippen LogP contribution >= 0.6 is 0 Å². The van der Waals surface area contributed by atoms with Crippen LogP contribution in [0, 0.1) is 23.2 Å². The van der Waals surface area contributed by atoms with Crippen molar-refractivity contribution in [3.05, 3.63) is 11.6 Å². The Labute approximate surface area is 104 Å². The van der Waals surface area contributed by atoms with Crippen molar-refractivity contribution < 1.29 is 9.90 Å². The molecule has 1 saturated carbocycles. The highest BCUT2D eigenvalue weighted by Gasteiger charge is 2.48. The molecule has 0 aromatic heterocycles. The van der Waals surface area contributed by atoms with Crippen LogP contribution in [0.5, 0.6) is 0 Å². The van der Waals surface area contributed by atoms with Crippen molar-refractivity contribution in [1.29, 1.82) is 0 Å². The summed E-state index contributed by atoms with van der Waals surface area (Å²) in [5, 5.41) is 10.3. The molecule has 0 radical (unpaired) electrons. The number of fused-ring (bicyclic) bond motifs is 1. The van der Waals surface area contributed by atoms with Gasteiger partial charge in [0.05, 0.1) is 5.60 Å². The SMILES string of the molecule is C[C@@H]1C(=O)C=C2[C@H]1CC(C)(C)C[C@@H]2C(C)(C)O. The molecule has 0 aliphatic heterocycles. The van der Waals surface area contributed by atoms with Crippen molar-refractivity contribution in [1.82, 2.24) is 0 Å². The van der Waals surface area contributed by atoms with Crippen LogP contribution < -0.4 is 0 Å². The summed E-state index contributed by atoms with van der Waals surface area (Å²) in [7, 11) is 0. The molecule has 2 aliphatic rings. The first-order valence-electron chi connectivity index (χ1n) is 6.59. The third kappa shape index (κ3) is 2.20. The van der Waals surface area contributed by atoms with E-state index in [1.54, 1.807) is 0 Å². The molecule has 2 nitrogen and oxygen atoms in total. The Morgan fingerprint density at radius 3 is 2.47 bits per heavy atom. The monoisotopic (exact) mass is 236 g/mol. The summed E-state index contributed by atoms with van der Waals surface area (Å²) < 4.78 is 0. The van der Waals surface area contributed by atoms with E-state index < -0.39 is 5.60 Å². The molecule has 1 fully saturated rings. The maximum Gasteiger partial charge on any atom is 0.159 e. The standard InChI is InChI=1S/C15H24O2/c1-9-11-7-14(2,3)8-12(15(4,5)17)10(11)6-13(9)16/h6,9,11-12,17H,7-8H2,1-5H3/t9-,11-,12-/m0/s1. The Hall–Kier alpha value is -0.630. The zero-order valence-electron chi connectivity index (χ0n) is 11.6. The summed E-state index contributed by atoms with van der Waals surface area (Å²) in [6.45, 7) is 10.3. The van der Waals surface area contributed by atoms with Crippen LogP contribution in [0.3, 0.4) is 0 Å². The van der Waals surface area contributed by atoms with E-state index in [0.29, 0.717) is 5.92 Å². The molecular weight excluding hydrogens is 212 g/mol. The van der Waals surface area contributed by atoms with Crippen molar-refractivity contribution in [2.75, 3.05) is 0 Å². The largest absolute Gasteiger partial charge is 0.390 e.